The highest BCUT2D eigenvalue weighted by molar-refractivity contribution is 8.00. The smallest absolute Gasteiger partial charge is 0.230 e. The van der Waals surface area contributed by atoms with Crippen LogP contribution in [0.1, 0.15) is 34.7 Å². The van der Waals surface area contributed by atoms with Crippen LogP contribution in [0, 0.1) is 13.8 Å². The molecule has 1 aliphatic carbocycles. The molecule has 0 saturated carbocycles. The zero-order valence-electron chi connectivity index (χ0n) is 13.1. The first-order valence-corrected chi connectivity index (χ1v) is 8.69. The quantitative estimate of drug-likeness (QED) is 0.857. The molecule has 1 amide bonds. The number of benzene rings is 2. The summed E-state index contributed by atoms with van der Waals surface area (Å²) in [5.74, 6) is 0.593. The number of hydrogen-bond donors (Lipinski definition) is 1. The largest absolute Gasteiger partial charge is 0.349 e. The summed E-state index contributed by atoms with van der Waals surface area (Å²) in [6.45, 7) is 4.17. The van der Waals surface area contributed by atoms with E-state index >= 15 is 0 Å². The monoisotopic (exact) mass is 311 g/mol. The lowest BCUT2D eigenvalue weighted by atomic mass is 10.1. The number of fused-ring (bicyclic) bond motifs is 1. The summed E-state index contributed by atoms with van der Waals surface area (Å²) in [6.07, 6.45) is 2.07. The number of nitrogens with one attached hydrogen (secondary N) is 1. The molecule has 0 aliphatic heterocycles. The molecule has 1 N–H and O–H groups in total. The molecular weight excluding hydrogens is 290 g/mol. The fraction of sp³-hybridized carbons (Fsp3) is 0.316. The molecule has 3 heteroatoms. The normalized spacial score (nSPS) is 16.4. The molecule has 2 nitrogen and oxygen atoms in total. The van der Waals surface area contributed by atoms with Gasteiger partial charge in [-0.05, 0) is 49.4 Å². The Morgan fingerprint density at radius 2 is 2.05 bits per heavy atom. The van der Waals surface area contributed by atoms with Gasteiger partial charge in [-0.25, -0.2) is 0 Å². The predicted octanol–water partition coefficient (Wildman–Crippen LogP) is 4.20. The third-order valence-electron chi connectivity index (χ3n) is 4.17. The van der Waals surface area contributed by atoms with E-state index in [2.05, 4.69) is 55.6 Å². The summed E-state index contributed by atoms with van der Waals surface area (Å²) in [4.78, 5) is 13.4. The van der Waals surface area contributed by atoms with E-state index in [1.807, 2.05) is 6.07 Å². The van der Waals surface area contributed by atoms with Crippen molar-refractivity contribution in [2.75, 3.05) is 5.75 Å². The fourth-order valence-corrected chi connectivity index (χ4v) is 3.88. The zero-order chi connectivity index (χ0) is 15.5. The highest BCUT2D eigenvalue weighted by Crippen LogP contribution is 2.31. The van der Waals surface area contributed by atoms with Gasteiger partial charge < -0.3 is 5.32 Å². The van der Waals surface area contributed by atoms with Crippen LogP contribution in [-0.2, 0) is 11.2 Å². The van der Waals surface area contributed by atoms with Crippen LogP contribution in [0.5, 0.6) is 0 Å². The summed E-state index contributed by atoms with van der Waals surface area (Å²) in [5, 5.41) is 3.18. The van der Waals surface area contributed by atoms with Crippen LogP contribution in [0.3, 0.4) is 0 Å². The summed E-state index contributed by atoms with van der Waals surface area (Å²) in [5.41, 5.74) is 5.12. The number of carbonyl (C=O) groups is 1. The molecule has 0 bridgehead atoms. The Morgan fingerprint density at radius 3 is 2.91 bits per heavy atom. The topological polar surface area (TPSA) is 29.1 Å². The van der Waals surface area contributed by atoms with E-state index in [1.165, 1.54) is 27.1 Å². The number of hydrogen-bond acceptors (Lipinski definition) is 2. The first-order valence-electron chi connectivity index (χ1n) is 7.71. The molecule has 0 heterocycles. The van der Waals surface area contributed by atoms with E-state index in [9.17, 15) is 4.79 Å². The lowest BCUT2D eigenvalue weighted by molar-refractivity contribution is -0.119. The molecule has 3 rings (SSSR count). The minimum absolute atomic E-state index is 0.118. The van der Waals surface area contributed by atoms with Gasteiger partial charge in [0.1, 0.15) is 0 Å². The van der Waals surface area contributed by atoms with Crippen molar-refractivity contribution in [3.63, 3.8) is 0 Å². The van der Waals surface area contributed by atoms with Crippen molar-refractivity contribution < 1.29 is 4.79 Å². The summed E-state index contributed by atoms with van der Waals surface area (Å²) in [7, 11) is 0. The van der Waals surface area contributed by atoms with Gasteiger partial charge in [-0.15, -0.1) is 11.8 Å². The number of aryl methyl sites for hydroxylation is 3. The van der Waals surface area contributed by atoms with Crippen molar-refractivity contribution in [3.8, 4) is 0 Å². The minimum atomic E-state index is 0.118. The van der Waals surface area contributed by atoms with Gasteiger partial charge in [-0.3, -0.25) is 4.79 Å². The molecule has 1 atom stereocenters. The second-order valence-electron chi connectivity index (χ2n) is 5.92. The van der Waals surface area contributed by atoms with E-state index < -0.39 is 0 Å². The van der Waals surface area contributed by atoms with Gasteiger partial charge in [0, 0.05) is 4.90 Å². The minimum Gasteiger partial charge on any atom is -0.349 e. The van der Waals surface area contributed by atoms with E-state index in [0.717, 1.165) is 12.8 Å². The van der Waals surface area contributed by atoms with Crippen LogP contribution >= 0.6 is 11.8 Å². The van der Waals surface area contributed by atoms with E-state index in [1.54, 1.807) is 11.8 Å². The molecule has 114 valence electrons. The summed E-state index contributed by atoms with van der Waals surface area (Å²) < 4.78 is 0. The molecule has 22 heavy (non-hydrogen) atoms. The number of amides is 1. The Labute approximate surface area is 136 Å². The molecule has 0 spiro atoms. The van der Waals surface area contributed by atoms with Crippen molar-refractivity contribution in [2.45, 2.75) is 37.6 Å². The second-order valence-corrected chi connectivity index (χ2v) is 6.93. The molecule has 2 aromatic carbocycles. The van der Waals surface area contributed by atoms with Gasteiger partial charge in [0.05, 0.1) is 11.8 Å². The lowest BCUT2D eigenvalue weighted by Crippen LogP contribution is -2.28. The molecular formula is C19H21NOS. The number of thioether (sulfide) groups is 1. The summed E-state index contributed by atoms with van der Waals surface area (Å²) in [6, 6.07) is 15.0. The van der Waals surface area contributed by atoms with Crippen LogP contribution in [0.4, 0.5) is 0 Å². The molecule has 0 radical (unpaired) electrons. The average Bonchev–Trinajstić information content (AvgIpc) is 2.91. The molecule has 0 saturated heterocycles. The zero-order valence-corrected chi connectivity index (χ0v) is 13.9. The van der Waals surface area contributed by atoms with Crippen molar-refractivity contribution in [1.82, 2.24) is 5.32 Å². The third kappa shape index (κ3) is 3.36. The van der Waals surface area contributed by atoms with E-state index in [-0.39, 0.29) is 11.9 Å². The highest BCUT2D eigenvalue weighted by Gasteiger charge is 2.23. The molecule has 0 fully saturated rings. The van der Waals surface area contributed by atoms with Crippen LogP contribution in [0.25, 0.3) is 0 Å². The van der Waals surface area contributed by atoms with Crippen molar-refractivity contribution in [3.05, 3.63) is 64.7 Å². The Bertz CT molecular complexity index is 696. The first kappa shape index (κ1) is 15.2. The number of rotatable bonds is 4. The Kier molecular flexibility index (Phi) is 4.53. The SMILES string of the molecule is Cc1ccc(C)c(SCC(=O)NC2CCc3ccccc32)c1. The Hall–Kier alpha value is -1.74. The molecule has 1 unspecified atom stereocenters. The third-order valence-corrected chi connectivity index (χ3v) is 5.33. The lowest BCUT2D eigenvalue weighted by Gasteiger charge is -2.14. The van der Waals surface area contributed by atoms with Crippen LogP contribution in [0.2, 0.25) is 0 Å². The van der Waals surface area contributed by atoms with Gasteiger partial charge in [-0.1, -0.05) is 42.0 Å². The van der Waals surface area contributed by atoms with Crippen LogP contribution in [-0.4, -0.2) is 11.7 Å². The van der Waals surface area contributed by atoms with Crippen molar-refractivity contribution in [1.29, 1.82) is 0 Å². The van der Waals surface area contributed by atoms with E-state index in [0.29, 0.717) is 5.75 Å². The fourth-order valence-electron chi connectivity index (χ4n) is 2.95. The average molecular weight is 311 g/mol. The standard InChI is InChI=1S/C19H21NOS/c1-13-7-8-14(2)18(11-13)22-12-19(21)20-17-10-9-15-5-3-4-6-16(15)17/h3-8,11,17H,9-10,12H2,1-2H3,(H,20,21). The van der Waals surface area contributed by atoms with Crippen LogP contribution < -0.4 is 5.32 Å². The highest BCUT2D eigenvalue weighted by atomic mass is 32.2. The van der Waals surface area contributed by atoms with Gasteiger partial charge in [-0.2, -0.15) is 0 Å². The van der Waals surface area contributed by atoms with Crippen LogP contribution in [0.15, 0.2) is 47.4 Å². The predicted molar refractivity (Wildman–Crippen MR) is 92.3 cm³/mol. The van der Waals surface area contributed by atoms with Gasteiger partial charge in [0.2, 0.25) is 5.91 Å². The maximum Gasteiger partial charge on any atom is 0.230 e. The van der Waals surface area contributed by atoms with Gasteiger partial charge in [0.25, 0.3) is 0 Å². The van der Waals surface area contributed by atoms with Gasteiger partial charge in [0.15, 0.2) is 0 Å². The second kappa shape index (κ2) is 6.57. The molecule has 1 aliphatic rings. The maximum atomic E-state index is 12.2. The van der Waals surface area contributed by atoms with E-state index in [4.69, 9.17) is 0 Å². The molecule has 0 aromatic heterocycles. The number of carbonyl (C=O) groups excluding carboxylic acids is 1. The Balaban J connectivity index is 1.59. The molecule has 2 aromatic rings. The summed E-state index contributed by atoms with van der Waals surface area (Å²) >= 11 is 1.62. The van der Waals surface area contributed by atoms with Crippen molar-refractivity contribution in [2.24, 2.45) is 0 Å². The Morgan fingerprint density at radius 1 is 1.23 bits per heavy atom. The first-order chi connectivity index (χ1) is 10.6. The van der Waals surface area contributed by atoms with Crippen molar-refractivity contribution >= 4 is 17.7 Å². The van der Waals surface area contributed by atoms with Gasteiger partial charge >= 0.3 is 0 Å². The maximum absolute atomic E-state index is 12.2.